The third-order valence-electron chi connectivity index (χ3n) is 5.47. The van der Waals surface area contributed by atoms with Crippen LogP contribution in [0.5, 0.6) is 0 Å². The van der Waals surface area contributed by atoms with Gasteiger partial charge in [0.15, 0.2) is 5.78 Å². The predicted octanol–water partition coefficient (Wildman–Crippen LogP) is 4.77. The molecule has 1 aliphatic carbocycles. The molecule has 0 bridgehead atoms. The van der Waals surface area contributed by atoms with Gasteiger partial charge in [-0.05, 0) is 30.4 Å². The highest BCUT2D eigenvalue weighted by atomic mass is 16.1. The Bertz CT molecular complexity index is 790. The number of nitrogens with zero attached hydrogens (tertiary/aromatic N) is 3. The molecule has 3 atom stereocenters. The summed E-state index contributed by atoms with van der Waals surface area (Å²) >= 11 is 0. The lowest BCUT2D eigenvalue weighted by atomic mass is 9.83. The molecular weight excluding hydrogens is 310 g/mol. The molecule has 0 radical (unpaired) electrons. The van der Waals surface area contributed by atoms with Crippen molar-refractivity contribution in [3.63, 3.8) is 0 Å². The molecule has 4 nitrogen and oxygen atoms in total. The molecule has 0 saturated heterocycles. The fraction of sp³-hybridized carbons (Fsp3) is 0.476. The lowest BCUT2D eigenvalue weighted by Crippen LogP contribution is -2.20. The third kappa shape index (κ3) is 3.73. The van der Waals surface area contributed by atoms with Crippen LogP contribution in [0.15, 0.2) is 30.7 Å². The van der Waals surface area contributed by atoms with Crippen LogP contribution in [0.1, 0.15) is 56.1 Å². The van der Waals surface area contributed by atoms with Crippen LogP contribution in [0.2, 0.25) is 0 Å². The van der Waals surface area contributed by atoms with E-state index in [2.05, 4.69) is 36.9 Å². The molecule has 3 unspecified atom stereocenters. The highest BCUT2D eigenvalue weighted by Crippen LogP contribution is 2.32. The molecule has 0 spiro atoms. The van der Waals surface area contributed by atoms with Gasteiger partial charge in [0, 0.05) is 42.0 Å². The van der Waals surface area contributed by atoms with Crippen LogP contribution in [-0.2, 0) is 7.05 Å². The standard InChI is InChI=1S/C21H27N3O/c1-5-14(2)6-7-16-8-9-20-19(21(25)15(16)3)10-17(11-22-20)18-12-23-24(4)13-18/h8-16H,5-7H2,1-4H3. The van der Waals surface area contributed by atoms with E-state index in [1.165, 1.54) is 6.42 Å². The number of allylic oxidation sites excluding steroid dienone is 1. The van der Waals surface area contributed by atoms with Gasteiger partial charge in [0.2, 0.25) is 0 Å². The molecular formula is C21H27N3O. The minimum Gasteiger partial charge on any atom is -0.294 e. The molecule has 0 N–H and O–H groups in total. The van der Waals surface area contributed by atoms with Gasteiger partial charge >= 0.3 is 0 Å². The first-order valence-corrected chi connectivity index (χ1v) is 9.21. The quantitative estimate of drug-likeness (QED) is 0.789. The number of hydrogen-bond acceptors (Lipinski definition) is 3. The van der Waals surface area contributed by atoms with E-state index in [1.807, 2.05) is 31.6 Å². The Hall–Kier alpha value is -2.23. The Kier molecular flexibility index (Phi) is 5.16. The van der Waals surface area contributed by atoms with Gasteiger partial charge in [-0.3, -0.25) is 14.5 Å². The third-order valence-corrected chi connectivity index (χ3v) is 5.47. The van der Waals surface area contributed by atoms with Crippen molar-refractivity contribution < 1.29 is 4.79 Å². The Labute approximate surface area is 150 Å². The van der Waals surface area contributed by atoms with Gasteiger partial charge in [0.25, 0.3) is 0 Å². The summed E-state index contributed by atoms with van der Waals surface area (Å²) in [4.78, 5) is 17.6. The minimum absolute atomic E-state index is 0.00694. The molecule has 4 heteroatoms. The summed E-state index contributed by atoms with van der Waals surface area (Å²) < 4.78 is 1.76. The number of hydrogen-bond donors (Lipinski definition) is 0. The Balaban J connectivity index is 1.86. The maximum Gasteiger partial charge on any atom is 0.168 e. The second-order valence-corrected chi connectivity index (χ2v) is 7.33. The Morgan fingerprint density at radius 1 is 1.28 bits per heavy atom. The van der Waals surface area contributed by atoms with Crippen LogP contribution in [-0.4, -0.2) is 20.5 Å². The average Bonchev–Trinajstić information content (AvgIpc) is 3.02. The fourth-order valence-corrected chi connectivity index (χ4v) is 3.38. The molecule has 0 aromatic carbocycles. The van der Waals surface area contributed by atoms with Crippen LogP contribution in [0.3, 0.4) is 0 Å². The number of fused-ring (bicyclic) bond motifs is 1. The van der Waals surface area contributed by atoms with E-state index >= 15 is 0 Å². The number of carbonyl (C=O) groups excluding carboxylic acids is 1. The van der Waals surface area contributed by atoms with Crippen molar-refractivity contribution in [1.82, 2.24) is 14.8 Å². The normalized spacial score (nSPS) is 21.0. The number of pyridine rings is 1. The average molecular weight is 337 g/mol. The van der Waals surface area contributed by atoms with E-state index in [9.17, 15) is 4.79 Å². The monoisotopic (exact) mass is 337 g/mol. The topological polar surface area (TPSA) is 47.8 Å². The largest absolute Gasteiger partial charge is 0.294 e. The van der Waals surface area contributed by atoms with Crippen molar-refractivity contribution >= 4 is 11.9 Å². The van der Waals surface area contributed by atoms with Gasteiger partial charge in [-0.25, -0.2) is 0 Å². The van der Waals surface area contributed by atoms with Gasteiger partial charge < -0.3 is 0 Å². The van der Waals surface area contributed by atoms with E-state index < -0.39 is 0 Å². The van der Waals surface area contributed by atoms with Crippen LogP contribution in [0, 0.1) is 17.8 Å². The highest BCUT2D eigenvalue weighted by molar-refractivity contribution is 6.02. The fourth-order valence-electron chi connectivity index (χ4n) is 3.38. The van der Waals surface area contributed by atoms with E-state index in [-0.39, 0.29) is 17.6 Å². The van der Waals surface area contributed by atoms with Crippen LogP contribution >= 0.6 is 0 Å². The number of aryl methyl sites for hydroxylation is 1. The van der Waals surface area contributed by atoms with Gasteiger partial charge in [-0.15, -0.1) is 0 Å². The maximum absolute atomic E-state index is 13.0. The van der Waals surface area contributed by atoms with Crippen molar-refractivity contribution in [2.45, 2.75) is 40.0 Å². The second kappa shape index (κ2) is 7.34. The highest BCUT2D eigenvalue weighted by Gasteiger charge is 2.28. The van der Waals surface area contributed by atoms with Crippen molar-refractivity contribution in [3.8, 4) is 11.1 Å². The number of carbonyl (C=O) groups is 1. The van der Waals surface area contributed by atoms with Crippen molar-refractivity contribution in [3.05, 3.63) is 42.0 Å². The zero-order valence-electron chi connectivity index (χ0n) is 15.6. The van der Waals surface area contributed by atoms with Crippen LogP contribution in [0.25, 0.3) is 17.2 Å². The molecule has 0 amide bonds. The van der Waals surface area contributed by atoms with E-state index in [4.69, 9.17) is 0 Å². The van der Waals surface area contributed by atoms with Crippen molar-refractivity contribution in [2.24, 2.45) is 24.8 Å². The molecule has 25 heavy (non-hydrogen) atoms. The van der Waals surface area contributed by atoms with Gasteiger partial charge in [0.1, 0.15) is 0 Å². The lowest BCUT2D eigenvalue weighted by Gasteiger charge is -2.20. The van der Waals surface area contributed by atoms with E-state index in [0.29, 0.717) is 5.92 Å². The summed E-state index contributed by atoms with van der Waals surface area (Å²) in [6.45, 7) is 6.56. The number of Topliss-reactive ketones (excluding diaryl/α,β-unsaturated/α-hetero) is 1. The summed E-state index contributed by atoms with van der Waals surface area (Å²) in [5.41, 5.74) is 3.45. The first-order valence-electron chi connectivity index (χ1n) is 9.21. The molecule has 2 heterocycles. The minimum atomic E-state index is -0.00694. The zero-order valence-corrected chi connectivity index (χ0v) is 15.6. The maximum atomic E-state index is 13.0. The summed E-state index contributed by atoms with van der Waals surface area (Å²) in [5, 5.41) is 4.21. The number of rotatable bonds is 5. The summed E-state index contributed by atoms with van der Waals surface area (Å²) in [6.07, 6.45) is 13.2. The zero-order chi connectivity index (χ0) is 18.0. The van der Waals surface area contributed by atoms with E-state index in [0.717, 1.165) is 35.2 Å². The molecule has 0 fully saturated rings. The molecule has 2 aromatic heterocycles. The van der Waals surface area contributed by atoms with E-state index in [1.54, 1.807) is 10.9 Å². The first-order chi connectivity index (χ1) is 12.0. The van der Waals surface area contributed by atoms with Gasteiger partial charge in [-0.1, -0.05) is 39.7 Å². The smallest absolute Gasteiger partial charge is 0.168 e. The van der Waals surface area contributed by atoms with Crippen LogP contribution < -0.4 is 0 Å². The summed E-state index contributed by atoms with van der Waals surface area (Å²) in [6, 6.07) is 1.97. The predicted molar refractivity (Wildman–Crippen MR) is 101 cm³/mol. The molecule has 2 aromatic rings. The number of ketones is 1. The molecule has 132 valence electrons. The molecule has 1 aliphatic rings. The Morgan fingerprint density at radius 3 is 2.76 bits per heavy atom. The Morgan fingerprint density at radius 2 is 2.08 bits per heavy atom. The summed E-state index contributed by atoms with van der Waals surface area (Å²) in [5.74, 6) is 1.19. The SMILES string of the molecule is CCC(C)CCC1C=Cc2ncc(-c3cnn(C)c3)cc2C(=O)C1C. The van der Waals surface area contributed by atoms with Gasteiger partial charge in [0.05, 0.1) is 11.9 Å². The first kappa shape index (κ1) is 17.6. The van der Waals surface area contributed by atoms with Crippen molar-refractivity contribution in [2.75, 3.05) is 0 Å². The summed E-state index contributed by atoms with van der Waals surface area (Å²) in [7, 11) is 1.89. The molecule has 0 saturated carbocycles. The lowest BCUT2D eigenvalue weighted by molar-refractivity contribution is 0.0898. The van der Waals surface area contributed by atoms with Crippen molar-refractivity contribution in [1.29, 1.82) is 0 Å². The molecule has 3 rings (SSSR count). The molecule has 0 aliphatic heterocycles. The second-order valence-electron chi connectivity index (χ2n) is 7.33. The van der Waals surface area contributed by atoms with Crippen LogP contribution in [0.4, 0.5) is 0 Å². The number of aromatic nitrogens is 3. The van der Waals surface area contributed by atoms with Gasteiger partial charge in [-0.2, -0.15) is 5.10 Å².